The minimum absolute atomic E-state index is 0.120. The summed E-state index contributed by atoms with van der Waals surface area (Å²) in [6.45, 7) is 4.24. The number of hydrogen-bond donors (Lipinski definition) is 2. The first-order valence-corrected chi connectivity index (χ1v) is 5.98. The molecule has 0 aliphatic rings. The summed E-state index contributed by atoms with van der Waals surface area (Å²) in [6.07, 6.45) is 0. The molecule has 1 rings (SSSR count). The van der Waals surface area contributed by atoms with Gasteiger partial charge in [0.2, 0.25) is 0 Å². The van der Waals surface area contributed by atoms with Gasteiger partial charge in [0.25, 0.3) is 0 Å². The molecule has 2 nitrogen and oxygen atoms in total. The van der Waals surface area contributed by atoms with Crippen molar-refractivity contribution in [2.45, 2.75) is 24.0 Å². The van der Waals surface area contributed by atoms with Crippen LogP contribution in [0, 0.1) is 5.41 Å². The smallest absolute Gasteiger partial charge is 0.123 e. The van der Waals surface area contributed by atoms with E-state index in [1.165, 1.54) is 0 Å². The zero-order valence-corrected chi connectivity index (χ0v) is 10.6. The van der Waals surface area contributed by atoms with Crippen molar-refractivity contribution in [3.8, 4) is 0 Å². The largest absolute Gasteiger partial charge is 0.384 e. The molecule has 0 fully saturated rings. The molecule has 1 aromatic carbocycles. The van der Waals surface area contributed by atoms with Gasteiger partial charge in [-0.05, 0) is 18.2 Å². The van der Waals surface area contributed by atoms with E-state index in [0.29, 0.717) is 5.25 Å². The van der Waals surface area contributed by atoms with Gasteiger partial charge in [0.15, 0.2) is 0 Å². The van der Waals surface area contributed by atoms with E-state index >= 15 is 0 Å². The van der Waals surface area contributed by atoms with Gasteiger partial charge in [0.1, 0.15) is 5.84 Å². The molecule has 0 unspecified atom stereocenters. The van der Waals surface area contributed by atoms with Gasteiger partial charge in [0, 0.05) is 20.2 Å². The minimum Gasteiger partial charge on any atom is -0.384 e. The zero-order valence-electron chi connectivity index (χ0n) is 8.17. The molecule has 0 aliphatic carbocycles. The monoisotopic (exact) mass is 272 g/mol. The van der Waals surface area contributed by atoms with Crippen molar-refractivity contribution in [3.05, 3.63) is 28.2 Å². The predicted molar refractivity (Wildman–Crippen MR) is 66.2 cm³/mol. The average Bonchev–Trinajstić information content (AvgIpc) is 2.07. The van der Waals surface area contributed by atoms with E-state index in [1.807, 2.05) is 18.2 Å². The summed E-state index contributed by atoms with van der Waals surface area (Å²) in [4.78, 5) is 1.07. The van der Waals surface area contributed by atoms with Crippen LogP contribution >= 0.6 is 27.7 Å². The third-order valence-corrected chi connectivity index (χ3v) is 3.17. The molecule has 0 atom stereocenters. The number of rotatable bonds is 3. The Morgan fingerprint density at radius 1 is 1.50 bits per heavy atom. The Hall–Kier alpha value is -0.480. The van der Waals surface area contributed by atoms with E-state index in [9.17, 15) is 0 Å². The highest BCUT2D eigenvalue weighted by molar-refractivity contribution is 9.10. The molecule has 1 aromatic rings. The lowest BCUT2D eigenvalue weighted by Crippen LogP contribution is -2.12. The lowest BCUT2D eigenvalue weighted by molar-refractivity contribution is 1.11. The van der Waals surface area contributed by atoms with Gasteiger partial charge < -0.3 is 5.73 Å². The van der Waals surface area contributed by atoms with Crippen molar-refractivity contribution in [1.29, 1.82) is 5.41 Å². The Morgan fingerprint density at radius 3 is 2.64 bits per heavy atom. The maximum atomic E-state index is 7.46. The molecule has 3 N–H and O–H groups in total. The number of thioether (sulfide) groups is 1. The second kappa shape index (κ2) is 4.84. The van der Waals surface area contributed by atoms with Crippen molar-refractivity contribution >= 4 is 33.5 Å². The Balaban J connectivity index is 3.08. The van der Waals surface area contributed by atoms with Gasteiger partial charge in [-0.15, -0.1) is 11.8 Å². The second-order valence-electron chi connectivity index (χ2n) is 3.22. The molecule has 0 heterocycles. The van der Waals surface area contributed by atoms with Crippen LogP contribution in [0.25, 0.3) is 0 Å². The molecule has 76 valence electrons. The Bertz CT molecular complexity index is 350. The molecule has 0 saturated heterocycles. The number of amidine groups is 1. The average molecular weight is 273 g/mol. The van der Waals surface area contributed by atoms with Crippen molar-refractivity contribution in [2.24, 2.45) is 5.73 Å². The summed E-state index contributed by atoms with van der Waals surface area (Å²) in [7, 11) is 0. The predicted octanol–water partition coefficient (Wildman–Crippen LogP) is 3.23. The molecule has 0 spiro atoms. The Kier molecular flexibility index (Phi) is 4.01. The molecule has 0 aliphatic heterocycles. The van der Waals surface area contributed by atoms with E-state index in [0.717, 1.165) is 14.9 Å². The van der Waals surface area contributed by atoms with Gasteiger partial charge in [-0.1, -0.05) is 29.8 Å². The summed E-state index contributed by atoms with van der Waals surface area (Å²) in [5, 5.41) is 7.96. The van der Waals surface area contributed by atoms with Gasteiger partial charge >= 0.3 is 0 Å². The molecular weight excluding hydrogens is 260 g/mol. The number of hydrogen-bond acceptors (Lipinski definition) is 2. The first-order valence-electron chi connectivity index (χ1n) is 4.31. The van der Waals surface area contributed by atoms with Crippen molar-refractivity contribution in [2.75, 3.05) is 0 Å². The van der Waals surface area contributed by atoms with Crippen molar-refractivity contribution in [3.63, 3.8) is 0 Å². The summed E-state index contributed by atoms with van der Waals surface area (Å²) >= 11 is 5.09. The van der Waals surface area contributed by atoms with Crippen LogP contribution in [0.1, 0.15) is 19.4 Å². The topological polar surface area (TPSA) is 49.9 Å². The first-order chi connectivity index (χ1) is 6.50. The highest BCUT2D eigenvalue weighted by Crippen LogP contribution is 2.28. The van der Waals surface area contributed by atoms with Crippen LogP contribution in [-0.4, -0.2) is 11.1 Å². The Labute approximate surface area is 96.9 Å². The van der Waals surface area contributed by atoms with E-state index in [2.05, 4.69) is 29.8 Å². The maximum absolute atomic E-state index is 7.46. The Morgan fingerprint density at radius 2 is 2.14 bits per heavy atom. The highest BCUT2D eigenvalue weighted by atomic mass is 79.9. The molecule has 0 radical (unpaired) electrons. The highest BCUT2D eigenvalue weighted by Gasteiger charge is 2.08. The zero-order chi connectivity index (χ0) is 10.7. The van der Waals surface area contributed by atoms with E-state index in [-0.39, 0.29) is 5.84 Å². The van der Waals surface area contributed by atoms with Gasteiger partial charge in [-0.3, -0.25) is 5.41 Å². The summed E-state index contributed by atoms with van der Waals surface area (Å²) < 4.78 is 0.954. The summed E-state index contributed by atoms with van der Waals surface area (Å²) in [5.41, 5.74) is 6.31. The van der Waals surface area contributed by atoms with Crippen LogP contribution in [0.4, 0.5) is 0 Å². The number of benzene rings is 1. The van der Waals surface area contributed by atoms with Gasteiger partial charge in [-0.2, -0.15) is 0 Å². The van der Waals surface area contributed by atoms with Gasteiger partial charge in [0.05, 0.1) is 0 Å². The van der Waals surface area contributed by atoms with Crippen LogP contribution < -0.4 is 5.73 Å². The molecule has 0 amide bonds. The fourth-order valence-corrected chi connectivity index (χ4v) is 2.38. The van der Waals surface area contributed by atoms with Crippen LogP contribution in [0.2, 0.25) is 0 Å². The standard InChI is InChI=1S/C10H13BrN2S/c1-6(2)14-9-4-3-7(11)5-8(9)10(12)13/h3-6H,1-2H3,(H3,12,13). The van der Waals surface area contributed by atoms with E-state index < -0.39 is 0 Å². The minimum atomic E-state index is 0.120. The van der Waals surface area contributed by atoms with Crippen molar-refractivity contribution < 1.29 is 0 Å². The summed E-state index contributed by atoms with van der Waals surface area (Å²) in [6, 6.07) is 5.84. The fourth-order valence-electron chi connectivity index (χ4n) is 1.07. The molecule has 0 saturated carbocycles. The quantitative estimate of drug-likeness (QED) is 0.504. The van der Waals surface area contributed by atoms with E-state index in [4.69, 9.17) is 11.1 Å². The van der Waals surface area contributed by atoms with Crippen LogP contribution in [0.5, 0.6) is 0 Å². The van der Waals surface area contributed by atoms with Crippen LogP contribution in [0.3, 0.4) is 0 Å². The van der Waals surface area contributed by atoms with Crippen LogP contribution in [0.15, 0.2) is 27.6 Å². The number of nitrogens with two attached hydrogens (primary N) is 1. The fraction of sp³-hybridized carbons (Fsp3) is 0.300. The molecule has 14 heavy (non-hydrogen) atoms. The molecule has 0 bridgehead atoms. The number of halogens is 1. The summed E-state index contributed by atoms with van der Waals surface area (Å²) in [5.74, 6) is 0.120. The van der Waals surface area contributed by atoms with Gasteiger partial charge in [-0.25, -0.2) is 0 Å². The molecule has 0 aromatic heterocycles. The number of nitrogens with one attached hydrogen (secondary N) is 1. The normalized spacial score (nSPS) is 10.6. The maximum Gasteiger partial charge on any atom is 0.123 e. The third-order valence-electron chi connectivity index (χ3n) is 1.59. The third kappa shape index (κ3) is 3.03. The SMILES string of the molecule is CC(C)Sc1ccc(Br)cc1C(=N)N. The lowest BCUT2D eigenvalue weighted by Gasteiger charge is -2.10. The van der Waals surface area contributed by atoms with E-state index in [1.54, 1.807) is 11.8 Å². The molecule has 4 heteroatoms. The van der Waals surface area contributed by atoms with Crippen LogP contribution in [-0.2, 0) is 0 Å². The second-order valence-corrected chi connectivity index (χ2v) is 5.75. The first kappa shape index (κ1) is 11.6. The lowest BCUT2D eigenvalue weighted by atomic mass is 10.2. The number of nitrogen functional groups attached to an aromatic ring is 1. The van der Waals surface area contributed by atoms with Crippen molar-refractivity contribution in [1.82, 2.24) is 0 Å². The molecular formula is C10H13BrN2S.